The second-order valence-electron chi connectivity index (χ2n) is 33.9. The topological polar surface area (TPSA) is 820 Å². The van der Waals surface area contributed by atoms with Crippen molar-refractivity contribution >= 4 is 195 Å². The Morgan fingerprint density at radius 3 is 1.05 bits per heavy atom. The molecule has 2 aromatic rings. The van der Waals surface area contributed by atoms with Crippen molar-refractivity contribution in [2.24, 2.45) is 40.7 Å². The molecule has 18 atom stereocenters. The number of fused-ring (bicyclic) bond motifs is 15. The van der Waals surface area contributed by atoms with E-state index in [1.54, 1.807) is 71.9 Å². The Hall–Kier alpha value is -12.0. The number of rotatable bonds is 26. The molecule has 0 unspecified atom stereocenters. The summed E-state index contributed by atoms with van der Waals surface area (Å²) in [7, 11) is 4.89. The van der Waals surface area contributed by atoms with Crippen molar-refractivity contribution < 1.29 is 91.4 Å². The minimum atomic E-state index is -1.93. The Labute approximate surface area is 826 Å². The van der Waals surface area contributed by atoms with Crippen LogP contribution in [0.3, 0.4) is 0 Å². The number of aliphatic hydroxyl groups excluding tert-OH is 1. The van der Waals surface area contributed by atoms with E-state index in [9.17, 15) is 38.7 Å². The third kappa shape index (κ3) is 41.5. The average molecular weight is 2060 g/mol. The van der Waals surface area contributed by atoms with E-state index in [-0.39, 0.29) is 103 Å². The van der Waals surface area contributed by atoms with E-state index < -0.39 is 305 Å². The molecule has 5 heterocycles. The van der Waals surface area contributed by atoms with Crippen molar-refractivity contribution in [2.75, 3.05) is 73.8 Å². The minimum Gasteiger partial charge on any atom is -0.391 e. The molecule has 6 bridgehead atoms. The van der Waals surface area contributed by atoms with Gasteiger partial charge in [0.2, 0.25) is 106 Å². The normalized spacial score (nSPS) is 26.2. The lowest BCUT2D eigenvalue weighted by Crippen LogP contribution is -2.63. The van der Waals surface area contributed by atoms with E-state index in [0.29, 0.717) is 5.56 Å². The number of nitrogens with two attached hydrogens (primary N) is 4. The fourth-order valence-electron chi connectivity index (χ4n) is 14.0. The van der Waals surface area contributed by atoms with E-state index in [0.717, 1.165) is 71.7 Å². The maximum absolute atomic E-state index is 15.7. The number of imidazole rings is 1. The van der Waals surface area contributed by atoms with Crippen molar-refractivity contribution in [3.63, 3.8) is 0 Å². The lowest BCUT2D eigenvalue weighted by Gasteiger charge is -2.30. The minimum absolute atomic E-state index is 0.0109. The van der Waals surface area contributed by atoms with Crippen LogP contribution < -0.4 is 140 Å². The lowest BCUT2D eigenvalue weighted by molar-refractivity contribution is -0.137. The van der Waals surface area contributed by atoms with Crippen LogP contribution in [0, 0.1) is 39.4 Å². The number of amides is 18. The van der Waals surface area contributed by atoms with E-state index in [2.05, 4.69) is 127 Å². The fraction of sp³-hybridized carbons (Fsp3) is 0.622. The number of benzene rings is 1. The summed E-state index contributed by atoms with van der Waals surface area (Å²) in [5, 5.41) is 100. The Kier molecular flexibility index (Phi) is 50.1. The molecule has 770 valence electrons. The van der Waals surface area contributed by atoms with Crippen LogP contribution in [0.1, 0.15) is 124 Å². The number of hydrogen-bond acceptors (Lipinski definition) is 30. The molecule has 36 N–H and O–H groups in total. The first-order chi connectivity index (χ1) is 66.0. The highest BCUT2D eigenvalue weighted by atomic mass is 33.1. The number of nitrogens with one attached hydrogen (secondary N) is 27. The molecule has 1 aromatic carbocycles. The van der Waals surface area contributed by atoms with Gasteiger partial charge in [0, 0.05) is 79.7 Å². The molecule has 4 saturated heterocycles. The number of H-pyrrole nitrogens is 1. The summed E-state index contributed by atoms with van der Waals surface area (Å²) in [6.45, 7) is 9.05. The number of aromatic amines is 1. The zero-order valence-corrected chi connectivity index (χ0v) is 83.0. The summed E-state index contributed by atoms with van der Waals surface area (Å²) < 4.78 is 0. The summed E-state index contributed by atoms with van der Waals surface area (Å²) in [4.78, 5) is 278. The summed E-state index contributed by atoms with van der Waals surface area (Å²) >= 11 is 0. The van der Waals surface area contributed by atoms with Crippen LogP contribution in [-0.2, 0) is 99.1 Å². The molecule has 0 aliphatic carbocycles. The summed E-state index contributed by atoms with van der Waals surface area (Å²) in [5.41, 5.74) is 23.0. The van der Waals surface area contributed by atoms with Gasteiger partial charge in [-0.25, -0.2) is 4.98 Å². The summed E-state index contributed by atoms with van der Waals surface area (Å²) in [6.07, 6.45) is -0.888. The van der Waals surface area contributed by atoms with Gasteiger partial charge >= 0.3 is 0 Å². The number of hydrogen-bond donors (Lipinski definition) is 32. The number of aromatic nitrogens is 2. The number of guanidine groups is 4. The summed E-state index contributed by atoms with van der Waals surface area (Å²) in [5.74, 6) is -25.7. The fourth-order valence-corrected chi connectivity index (χ4v) is 21.0. The van der Waals surface area contributed by atoms with Gasteiger partial charge in [0.05, 0.1) is 31.2 Å². The van der Waals surface area contributed by atoms with Crippen LogP contribution >= 0.6 is 64.8 Å². The molecule has 57 heteroatoms. The molecule has 4 fully saturated rings. The first kappa shape index (κ1) is 116. The highest BCUT2D eigenvalue weighted by Crippen LogP contribution is 2.28. The molecule has 0 saturated carbocycles. The smallest absolute Gasteiger partial charge is 0.245 e. The Bertz CT molecular complexity index is 4590. The highest BCUT2D eigenvalue weighted by Gasteiger charge is 2.42. The second-order valence-corrected chi connectivity index (χ2v) is 41.6. The molecular formula is C82H132N32O19S6. The summed E-state index contributed by atoms with van der Waals surface area (Å²) in [6, 6.07) is -18.8. The molecule has 4 aliphatic rings. The Balaban J connectivity index is 1.62. The zero-order chi connectivity index (χ0) is 103. The van der Waals surface area contributed by atoms with Crippen molar-refractivity contribution in [3.8, 4) is 0 Å². The van der Waals surface area contributed by atoms with Gasteiger partial charge in [-0.15, -0.1) is 0 Å². The SMILES string of the molecule is CC[C@H](C)[C@@H]1NC(=O)[C@@H]2CSSC[C@H](NC(=O)[C@H](CCCNC(=N)N)NC(=O)[C@@H]3CSSC[C@H](NC1=O)C(=O)N[C@@H]([C@@H](C)O)C(=O)N[C@@H](CCCNC(=N)N)C(=O)NCC(=O)N[C@@H](Cc1ccccc1)C(=O)N3)C(=O)N[C@@H](CC(C)C)C(=O)N[C@H]1CSSC[C@H](NC(=O)[C@H](C(C)C)NC(=O)CNC(=O)[C@H](CCCNC(=N)N)NC(=O)[C@H](CCCNC(=N)N)NC1=O)C(=O)N[C@@H](Cc1c[nH]cn1)C(=O)N2. The monoisotopic (exact) mass is 2060 g/mol. The van der Waals surface area contributed by atoms with E-state index in [4.69, 9.17) is 44.6 Å². The average Bonchev–Trinajstić information content (AvgIpc) is 1.65. The van der Waals surface area contributed by atoms with E-state index in [1.807, 2.05) is 0 Å². The van der Waals surface area contributed by atoms with Crippen LogP contribution in [0.4, 0.5) is 0 Å². The number of nitrogens with zero attached hydrogens (tertiary/aromatic N) is 1. The second kappa shape index (κ2) is 60.1. The number of carbonyl (C=O) groups is 18. The number of aliphatic hydroxyl groups is 1. The van der Waals surface area contributed by atoms with Crippen molar-refractivity contribution in [3.05, 3.63) is 54.1 Å². The van der Waals surface area contributed by atoms with Crippen LogP contribution in [0.15, 0.2) is 42.9 Å². The molecule has 51 nitrogen and oxygen atoms in total. The molecule has 0 spiro atoms. The van der Waals surface area contributed by atoms with Gasteiger partial charge in [0.15, 0.2) is 23.8 Å². The maximum atomic E-state index is 15.7. The van der Waals surface area contributed by atoms with Gasteiger partial charge in [-0.3, -0.25) is 108 Å². The molecule has 139 heavy (non-hydrogen) atoms. The van der Waals surface area contributed by atoms with Gasteiger partial charge < -0.3 is 150 Å². The van der Waals surface area contributed by atoms with E-state index >= 15 is 52.7 Å². The number of carbonyl (C=O) groups excluding carboxylic acids is 18. The predicted octanol–water partition coefficient (Wildman–Crippen LogP) is -8.44. The van der Waals surface area contributed by atoms with Gasteiger partial charge in [0.25, 0.3) is 0 Å². The molecule has 1 aromatic heterocycles. The zero-order valence-electron chi connectivity index (χ0n) is 78.1. The third-order valence-electron chi connectivity index (χ3n) is 21.8. The molecule has 6 rings (SSSR count). The Morgan fingerprint density at radius 2 is 0.683 bits per heavy atom. The van der Waals surface area contributed by atoms with Crippen LogP contribution in [0.2, 0.25) is 0 Å². The highest BCUT2D eigenvalue weighted by molar-refractivity contribution is 8.77. The quantitative estimate of drug-likeness (QED) is 0.0180. The first-order valence-corrected chi connectivity index (χ1v) is 52.6. The lowest BCUT2D eigenvalue weighted by atomic mass is 9.97. The predicted molar refractivity (Wildman–Crippen MR) is 526 cm³/mol. The van der Waals surface area contributed by atoms with Gasteiger partial charge in [-0.1, -0.05) is 143 Å². The van der Waals surface area contributed by atoms with Crippen LogP contribution in [0.5, 0.6) is 0 Å². The van der Waals surface area contributed by atoms with Gasteiger partial charge in [-0.05, 0) is 88.0 Å². The van der Waals surface area contributed by atoms with E-state index in [1.165, 1.54) is 12.5 Å². The van der Waals surface area contributed by atoms with Crippen molar-refractivity contribution in [2.45, 2.75) is 228 Å². The molecule has 4 aliphatic heterocycles. The molecule has 18 amide bonds. The molecule has 0 radical (unpaired) electrons. The van der Waals surface area contributed by atoms with Crippen LogP contribution in [-0.4, -0.2) is 322 Å². The third-order valence-corrected chi connectivity index (χ3v) is 29.0. The van der Waals surface area contributed by atoms with Crippen molar-refractivity contribution in [1.82, 2.24) is 127 Å². The van der Waals surface area contributed by atoms with Crippen LogP contribution in [0.25, 0.3) is 0 Å². The van der Waals surface area contributed by atoms with Crippen molar-refractivity contribution in [1.29, 1.82) is 21.6 Å². The largest absolute Gasteiger partial charge is 0.391 e. The van der Waals surface area contributed by atoms with Gasteiger partial charge in [0.1, 0.15) is 96.7 Å². The van der Waals surface area contributed by atoms with Gasteiger partial charge in [-0.2, -0.15) is 0 Å². The standard InChI is InChI=1S/C82H132N32O19S6/c1-8-41(6)61-77(132)111-57-37-139-135-33-53(108-68(123)50(27-43-16-10-9-11-17-43)99-58(116)30-96-64(119)46(19-13-23-93-80(85)86)103-78(133)62(42(7)115)114-75(57)130)71(126)102-48(21-15-25-95-82(89)90)66(121)106-54-34-136-138-36-56(74(129)113-61)109-69(124)51(28-44-29-91-38-98-44)105-73(128)55-35-137-134-32-52(107-67(122)49(26-39(2)3)104-72(54)127)70(125)101-47(20-14-24-94-81(87)88)65(120)100-45(18-12-22-92-79(83)84)63(118)97-31-59(117)112-60(40(4)5)76(131)110-55/h9-11,16-17,29,38-42,45-57,60-62,115H,8,12-15,18-28,30-37H2,1-7H3,(H,91,98)(H,96,119)(H,97,118)(H,99,116)(H,100,120)(H,101,125)(H,102,126)(H,103,133)(H,104,127)(H,105,128)(H,106,121)(H,107,122)(H,108,123)(H,109,124)(H,110,131)(H,111,132)(H,112,117)(H,113,129)(H,114,130)(H4,83,84,92)(H4,85,86,93)(H4,87,88,94)(H4,89,90,95)/t41-,42+,45-,46-,47-,48-,49-,50-,51-,52-,53-,54-,55-,56-,57-,60-,61-,62-/m0/s1. The maximum Gasteiger partial charge on any atom is 0.245 e. The molecular weight excluding hydrogens is 1930 g/mol. The first-order valence-electron chi connectivity index (χ1n) is 45.1. The Morgan fingerprint density at radius 1 is 0.374 bits per heavy atom.